The Morgan fingerprint density at radius 3 is 2.14 bits per heavy atom. The van der Waals surface area contributed by atoms with Gasteiger partial charge in [-0.15, -0.1) is 0 Å². The minimum atomic E-state index is -4.03. The summed E-state index contributed by atoms with van der Waals surface area (Å²) >= 11 is 0. The zero-order valence-electron chi connectivity index (χ0n) is 20.3. The van der Waals surface area contributed by atoms with E-state index >= 15 is 0 Å². The van der Waals surface area contributed by atoms with Gasteiger partial charge in [0, 0.05) is 6.54 Å². The number of hydrogen-bond donors (Lipinski definition) is 2. The van der Waals surface area contributed by atoms with Crippen LogP contribution in [0.15, 0.2) is 114 Å². The molecular weight excluding hydrogens is 486 g/mol. The average Bonchev–Trinajstić information content (AvgIpc) is 2.91. The van der Waals surface area contributed by atoms with Crippen molar-refractivity contribution >= 4 is 33.2 Å². The predicted molar refractivity (Wildman–Crippen MR) is 145 cm³/mol. The molecule has 0 unspecified atom stereocenters. The van der Waals surface area contributed by atoms with E-state index in [-0.39, 0.29) is 16.4 Å². The minimum absolute atomic E-state index is 0.0741. The monoisotopic (exact) mass is 513 g/mol. The van der Waals surface area contributed by atoms with Gasteiger partial charge in [-0.3, -0.25) is 13.9 Å². The molecule has 7 nitrogen and oxygen atoms in total. The molecular formula is C29H27N3O4S. The molecule has 188 valence electrons. The van der Waals surface area contributed by atoms with Crippen molar-refractivity contribution in [3.63, 3.8) is 0 Å². The van der Waals surface area contributed by atoms with E-state index in [1.165, 1.54) is 12.1 Å². The minimum Gasteiger partial charge on any atom is -0.348 e. The first-order valence-electron chi connectivity index (χ1n) is 11.7. The fourth-order valence-electron chi connectivity index (χ4n) is 3.80. The molecule has 4 rings (SSSR count). The number of anilines is 2. The molecule has 0 aliphatic rings. The normalized spacial score (nSPS) is 10.9. The van der Waals surface area contributed by atoms with Gasteiger partial charge in [-0.05, 0) is 54.4 Å². The molecule has 0 fully saturated rings. The molecule has 0 spiro atoms. The molecule has 2 N–H and O–H groups in total. The van der Waals surface area contributed by atoms with E-state index in [0.29, 0.717) is 17.9 Å². The second-order valence-electron chi connectivity index (χ2n) is 8.43. The van der Waals surface area contributed by atoms with Crippen LogP contribution in [-0.4, -0.2) is 26.8 Å². The Balaban J connectivity index is 1.56. The number of carbonyl (C=O) groups excluding carboxylic acids is 2. The van der Waals surface area contributed by atoms with E-state index in [9.17, 15) is 18.0 Å². The Bertz CT molecular complexity index is 1490. The number of amides is 2. The van der Waals surface area contributed by atoms with Crippen LogP contribution in [0.1, 0.15) is 21.5 Å². The van der Waals surface area contributed by atoms with Crippen molar-refractivity contribution in [3.05, 3.63) is 126 Å². The summed E-state index contributed by atoms with van der Waals surface area (Å²) in [6, 6.07) is 31.0. The second kappa shape index (κ2) is 11.5. The van der Waals surface area contributed by atoms with Crippen LogP contribution in [0.2, 0.25) is 0 Å². The number of rotatable bonds is 9. The highest BCUT2D eigenvalue weighted by molar-refractivity contribution is 7.92. The van der Waals surface area contributed by atoms with E-state index in [0.717, 1.165) is 15.4 Å². The third kappa shape index (κ3) is 6.42. The Hall–Kier alpha value is -4.43. The lowest BCUT2D eigenvalue weighted by molar-refractivity contribution is -0.114. The quantitative estimate of drug-likeness (QED) is 0.337. The number of nitrogens with zero attached hydrogens (tertiary/aromatic N) is 1. The number of benzene rings is 4. The molecule has 4 aromatic rings. The van der Waals surface area contributed by atoms with Gasteiger partial charge in [0.25, 0.3) is 15.9 Å². The molecule has 0 saturated carbocycles. The summed E-state index contributed by atoms with van der Waals surface area (Å²) < 4.78 is 28.1. The van der Waals surface area contributed by atoms with E-state index < -0.39 is 22.5 Å². The average molecular weight is 514 g/mol. The zero-order chi connectivity index (χ0) is 26.3. The number of aryl methyl sites for hydroxylation is 1. The third-order valence-electron chi connectivity index (χ3n) is 5.65. The highest BCUT2D eigenvalue weighted by Crippen LogP contribution is 2.25. The number of sulfonamides is 1. The van der Waals surface area contributed by atoms with Crippen molar-refractivity contribution in [1.29, 1.82) is 0 Å². The summed E-state index contributed by atoms with van der Waals surface area (Å²) in [6.45, 7) is 1.71. The van der Waals surface area contributed by atoms with Crippen molar-refractivity contribution in [2.45, 2.75) is 18.4 Å². The maximum atomic E-state index is 13.5. The maximum absolute atomic E-state index is 13.5. The molecule has 4 aromatic carbocycles. The van der Waals surface area contributed by atoms with Gasteiger partial charge in [0.05, 0.1) is 21.8 Å². The third-order valence-corrected chi connectivity index (χ3v) is 7.44. The second-order valence-corrected chi connectivity index (χ2v) is 10.3. The first-order chi connectivity index (χ1) is 17.8. The van der Waals surface area contributed by atoms with Gasteiger partial charge in [-0.2, -0.15) is 0 Å². The van der Waals surface area contributed by atoms with Gasteiger partial charge >= 0.3 is 0 Å². The highest BCUT2D eigenvalue weighted by Gasteiger charge is 2.27. The number of hydrogen-bond acceptors (Lipinski definition) is 4. The van der Waals surface area contributed by atoms with Crippen LogP contribution in [0.4, 0.5) is 11.4 Å². The summed E-state index contributed by atoms with van der Waals surface area (Å²) in [6.07, 6.45) is 0. The molecule has 37 heavy (non-hydrogen) atoms. The molecule has 0 bridgehead atoms. The molecule has 2 amide bonds. The standard InChI is InChI=1S/C29H27N3O4S/c1-22-11-10-14-24(19-22)32(37(35,36)25-15-6-3-7-16-25)21-28(33)31-27-18-9-8-17-26(27)29(34)30-20-23-12-4-2-5-13-23/h2-19H,20-21H2,1H3,(H,30,34)(H,31,33). The Kier molecular flexibility index (Phi) is 8.00. The van der Waals surface area contributed by atoms with Gasteiger partial charge < -0.3 is 10.6 Å². The lowest BCUT2D eigenvalue weighted by Gasteiger charge is -2.24. The van der Waals surface area contributed by atoms with Gasteiger partial charge in [-0.1, -0.05) is 72.8 Å². The molecule has 0 aliphatic heterocycles. The van der Waals surface area contributed by atoms with Crippen LogP contribution in [0, 0.1) is 6.92 Å². The molecule has 0 atom stereocenters. The van der Waals surface area contributed by atoms with Gasteiger partial charge in [0.1, 0.15) is 6.54 Å². The van der Waals surface area contributed by atoms with Crippen molar-refractivity contribution in [3.8, 4) is 0 Å². The Labute approximate surface area is 216 Å². The van der Waals surface area contributed by atoms with E-state index in [4.69, 9.17) is 0 Å². The first-order valence-corrected chi connectivity index (χ1v) is 13.1. The van der Waals surface area contributed by atoms with Gasteiger partial charge in [-0.25, -0.2) is 8.42 Å². The van der Waals surface area contributed by atoms with E-state index in [2.05, 4.69) is 10.6 Å². The summed E-state index contributed by atoms with van der Waals surface area (Å²) in [5.41, 5.74) is 2.73. The van der Waals surface area contributed by atoms with Crippen LogP contribution in [0.25, 0.3) is 0 Å². The van der Waals surface area contributed by atoms with Crippen LogP contribution in [0.3, 0.4) is 0 Å². The summed E-state index contributed by atoms with van der Waals surface area (Å²) in [4.78, 5) is 26.1. The largest absolute Gasteiger partial charge is 0.348 e. The predicted octanol–water partition coefficient (Wildman–Crippen LogP) is 4.76. The Morgan fingerprint density at radius 1 is 0.784 bits per heavy atom. The number of carbonyl (C=O) groups is 2. The number of para-hydroxylation sites is 1. The molecule has 0 heterocycles. The van der Waals surface area contributed by atoms with Crippen LogP contribution in [0.5, 0.6) is 0 Å². The smallest absolute Gasteiger partial charge is 0.264 e. The van der Waals surface area contributed by atoms with Crippen molar-refractivity contribution in [2.24, 2.45) is 0 Å². The van der Waals surface area contributed by atoms with Gasteiger partial charge in [0.2, 0.25) is 5.91 Å². The topological polar surface area (TPSA) is 95.6 Å². The number of nitrogens with one attached hydrogen (secondary N) is 2. The van der Waals surface area contributed by atoms with Crippen LogP contribution >= 0.6 is 0 Å². The Morgan fingerprint density at radius 2 is 1.43 bits per heavy atom. The first kappa shape index (κ1) is 25.7. The van der Waals surface area contributed by atoms with Crippen LogP contribution < -0.4 is 14.9 Å². The summed E-state index contributed by atoms with van der Waals surface area (Å²) in [5.74, 6) is -0.934. The summed E-state index contributed by atoms with van der Waals surface area (Å²) in [7, 11) is -4.03. The van der Waals surface area contributed by atoms with E-state index in [1.807, 2.05) is 43.3 Å². The lowest BCUT2D eigenvalue weighted by Crippen LogP contribution is -2.38. The van der Waals surface area contributed by atoms with Crippen molar-refractivity contribution in [2.75, 3.05) is 16.2 Å². The molecule has 0 aliphatic carbocycles. The van der Waals surface area contributed by atoms with E-state index in [1.54, 1.807) is 60.7 Å². The molecule has 0 radical (unpaired) electrons. The molecule has 8 heteroatoms. The highest BCUT2D eigenvalue weighted by atomic mass is 32.2. The fraction of sp³-hybridized carbons (Fsp3) is 0.103. The molecule has 0 saturated heterocycles. The van der Waals surface area contributed by atoms with Crippen LogP contribution in [-0.2, 0) is 21.4 Å². The van der Waals surface area contributed by atoms with Crippen molar-refractivity contribution < 1.29 is 18.0 Å². The molecule has 0 aromatic heterocycles. The lowest BCUT2D eigenvalue weighted by atomic mass is 10.1. The van der Waals surface area contributed by atoms with Crippen molar-refractivity contribution in [1.82, 2.24) is 5.32 Å². The summed E-state index contributed by atoms with van der Waals surface area (Å²) in [5, 5.41) is 5.57. The van der Waals surface area contributed by atoms with Gasteiger partial charge in [0.15, 0.2) is 0 Å². The fourth-order valence-corrected chi connectivity index (χ4v) is 5.24. The maximum Gasteiger partial charge on any atom is 0.264 e. The zero-order valence-corrected chi connectivity index (χ0v) is 21.1. The SMILES string of the molecule is Cc1cccc(N(CC(=O)Nc2ccccc2C(=O)NCc2ccccc2)S(=O)(=O)c2ccccc2)c1.